The molecule has 0 unspecified atom stereocenters. The Morgan fingerprint density at radius 1 is 1.25 bits per heavy atom. The highest BCUT2D eigenvalue weighted by Gasteiger charge is 2.50. The molecule has 0 spiro atoms. The minimum Gasteiger partial charge on any atom is -0.339 e. The lowest BCUT2D eigenvalue weighted by Gasteiger charge is -2.28. The fourth-order valence-corrected chi connectivity index (χ4v) is 5.37. The third-order valence-electron chi connectivity index (χ3n) is 6.94. The summed E-state index contributed by atoms with van der Waals surface area (Å²) in [5.74, 6) is -2.41. The van der Waals surface area contributed by atoms with Crippen LogP contribution < -0.4 is 16.0 Å². The number of hydrogen-bond donors (Lipinski definition) is 3. The third kappa shape index (κ3) is 4.60. The molecule has 170 valence electrons. The van der Waals surface area contributed by atoms with Crippen molar-refractivity contribution in [1.82, 2.24) is 15.5 Å². The SMILES string of the molecule is N#C[C@H](C[C@@H]1CCNC1)NC(=O)[C@@H]1[C@H]2CCC[C@H]2CN1C(=O)C(=O)Nc1ccccc1F. The molecule has 0 aromatic heterocycles. The Balaban J connectivity index is 1.46. The van der Waals surface area contributed by atoms with Crippen LogP contribution in [-0.4, -0.2) is 54.3 Å². The van der Waals surface area contributed by atoms with Crippen LogP contribution in [0, 0.1) is 34.9 Å². The number of carbonyl (C=O) groups is 3. The van der Waals surface area contributed by atoms with Crippen LogP contribution in [0.3, 0.4) is 0 Å². The van der Waals surface area contributed by atoms with Gasteiger partial charge in [-0.3, -0.25) is 14.4 Å². The van der Waals surface area contributed by atoms with Crippen molar-refractivity contribution in [2.24, 2.45) is 17.8 Å². The summed E-state index contributed by atoms with van der Waals surface area (Å²) in [7, 11) is 0. The number of rotatable bonds is 5. The minimum absolute atomic E-state index is 0.0345. The van der Waals surface area contributed by atoms with Crippen molar-refractivity contribution in [2.75, 3.05) is 25.0 Å². The summed E-state index contributed by atoms with van der Waals surface area (Å²) >= 11 is 0. The predicted octanol–water partition coefficient (Wildman–Crippen LogP) is 1.40. The molecule has 9 heteroatoms. The molecule has 3 aliphatic rings. The van der Waals surface area contributed by atoms with E-state index in [1.54, 1.807) is 6.07 Å². The first kappa shape index (κ1) is 22.2. The summed E-state index contributed by atoms with van der Waals surface area (Å²) in [4.78, 5) is 40.1. The van der Waals surface area contributed by atoms with Gasteiger partial charge in [-0.25, -0.2) is 4.39 Å². The van der Waals surface area contributed by atoms with Gasteiger partial charge in [-0.1, -0.05) is 18.6 Å². The quantitative estimate of drug-likeness (QED) is 0.598. The highest BCUT2D eigenvalue weighted by Crippen LogP contribution is 2.42. The van der Waals surface area contributed by atoms with Crippen molar-refractivity contribution in [2.45, 2.75) is 44.2 Å². The van der Waals surface area contributed by atoms with Crippen molar-refractivity contribution >= 4 is 23.4 Å². The molecule has 0 radical (unpaired) electrons. The number of nitrogens with zero attached hydrogens (tertiary/aromatic N) is 2. The fraction of sp³-hybridized carbons (Fsp3) is 0.565. The van der Waals surface area contributed by atoms with E-state index in [2.05, 4.69) is 22.0 Å². The van der Waals surface area contributed by atoms with E-state index in [0.717, 1.165) is 38.8 Å². The van der Waals surface area contributed by atoms with E-state index in [-0.39, 0.29) is 23.4 Å². The molecule has 1 saturated carbocycles. The summed E-state index contributed by atoms with van der Waals surface area (Å²) in [6.07, 6.45) is 4.17. The van der Waals surface area contributed by atoms with Gasteiger partial charge in [0.2, 0.25) is 5.91 Å². The van der Waals surface area contributed by atoms with E-state index in [0.29, 0.717) is 18.9 Å². The zero-order valence-corrected chi connectivity index (χ0v) is 17.9. The van der Waals surface area contributed by atoms with Crippen LogP contribution in [0.4, 0.5) is 10.1 Å². The molecule has 2 heterocycles. The van der Waals surface area contributed by atoms with Gasteiger partial charge in [0, 0.05) is 6.54 Å². The summed E-state index contributed by atoms with van der Waals surface area (Å²) in [6.45, 7) is 2.04. The lowest BCUT2D eigenvalue weighted by Crippen LogP contribution is -2.53. The van der Waals surface area contributed by atoms with Crippen molar-refractivity contribution in [3.8, 4) is 6.07 Å². The van der Waals surface area contributed by atoms with Crippen molar-refractivity contribution < 1.29 is 18.8 Å². The lowest BCUT2D eigenvalue weighted by atomic mass is 9.92. The first-order valence-electron chi connectivity index (χ1n) is 11.2. The Kier molecular flexibility index (Phi) is 6.70. The van der Waals surface area contributed by atoms with Gasteiger partial charge in [0.25, 0.3) is 0 Å². The molecule has 3 N–H and O–H groups in total. The maximum absolute atomic E-state index is 13.9. The van der Waals surface area contributed by atoms with E-state index < -0.39 is 29.7 Å². The molecule has 0 bridgehead atoms. The molecule has 4 rings (SSSR count). The lowest BCUT2D eigenvalue weighted by molar-refractivity contribution is -0.146. The minimum atomic E-state index is -0.971. The normalized spacial score (nSPS) is 27.4. The zero-order valence-electron chi connectivity index (χ0n) is 17.9. The number of para-hydroxylation sites is 1. The molecular weight excluding hydrogens is 413 g/mol. The highest BCUT2D eigenvalue weighted by atomic mass is 19.1. The molecule has 2 saturated heterocycles. The number of likely N-dealkylation sites (tertiary alicyclic amines) is 1. The number of halogens is 1. The largest absolute Gasteiger partial charge is 0.339 e. The fourth-order valence-electron chi connectivity index (χ4n) is 5.37. The number of carbonyl (C=O) groups excluding carboxylic acids is 3. The molecular formula is C23H28FN5O3. The van der Waals surface area contributed by atoms with Crippen LogP contribution in [0.2, 0.25) is 0 Å². The smallest absolute Gasteiger partial charge is 0.314 e. The summed E-state index contributed by atoms with van der Waals surface area (Å²) in [5.41, 5.74) is -0.0824. The van der Waals surface area contributed by atoms with E-state index in [1.807, 2.05) is 0 Å². The highest BCUT2D eigenvalue weighted by molar-refractivity contribution is 6.40. The van der Waals surface area contributed by atoms with E-state index >= 15 is 0 Å². The van der Waals surface area contributed by atoms with Crippen molar-refractivity contribution in [3.05, 3.63) is 30.1 Å². The van der Waals surface area contributed by atoms with Gasteiger partial charge in [0.15, 0.2) is 0 Å². The summed E-state index contributed by atoms with van der Waals surface area (Å²) < 4.78 is 13.9. The Bertz CT molecular complexity index is 926. The van der Waals surface area contributed by atoms with Crippen LogP contribution in [0.5, 0.6) is 0 Å². The number of nitrogens with one attached hydrogen (secondary N) is 3. The molecule has 3 amide bonds. The summed E-state index contributed by atoms with van der Waals surface area (Å²) in [5, 5.41) is 17.9. The second-order valence-electron chi connectivity index (χ2n) is 8.98. The first-order chi connectivity index (χ1) is 15.5. The summed E-state index contributed by atoms with van der Waals surface area (Å²) in [6, 6.07) is 6.34. The van der Waals surface area contributed by atoms with Gasteiger partial charge in [0.1, 0.15) is 17.9 Å². The second-order valence-corrected chi connectivity index (χ2v) is 8.98. The monoisotopic (exact) mass is 441 g/mol. The molecule has 1 aromatic rings. The predicted molar refractivity (Wildman–Crippen MR) is 114 cm³/mol. The number of anilines is 1. The number of fused-ring (bicyclic) bond motifs is 1. The standard InChI is InChI=1S/C23H28FN5O3/c24-18-6-1-2-7-19(18)28-22(31)23(32)29-13-15-4-3-5-17(15)20(29)21(30)27-16(11-25)10-14-8-9-26-12-14/h1-2,6-7,14-17,20,26H,3-5,8-10,12-13H2,(H,27,30)(H,28,31)/t14-,15-,16-,17-,20-/m0/s1. The van der Waals surface area contributed by atoms with Crippen molar-refractivity contribution in [3.63, 3.8) is 0 Å². The number of nitriles is 1. The Morgan fingerprint density at radius 2 is 2.06 bits per heavy atom. The molecule has 2 aliphatic heterocycles. The van der Waals surface area contributed by atoms with Gasteiger partial charge in [-0.05, 0) is 68.7 Å². The van der Waals surface area contributed by atoms with Gasteiger partial charge in [-0.2, -0.15) is 5.26 Å². The maximum Gasteiger partial charge on any atom is 0.314 e. The van der Waals surface area contributed by atoms with E-state index in [9.17, 15) is 24.0 Å². The molecule has 5 atom stereocenters. The Labute approximate surface area is 186 Å². The van der Waals surface area contributed by atoms with Crippen LogP contribution >= 0.6 is 0 Å². The first-order valence-corrected chi connectivity index (χ1v) is 11.2. The average Bonchev–Trinajstić information content (AvgIpc) is 3.51. The molecule has 8 nitrogen and oxygen atoms in total. The third-order valence-corrected chi connectivity index (χ3v) is 6.94. The molecule has 1 aliphatic carbocycles. The van der Waals surface area contributed by atoms with Crippen LogP contribution in [0.25, 0.3) is 0 Å². The van der Waals surface area contributed by atoms with E-state index in [1.165, 1.54) is 23.1 Å². The van der Waals surface area contributed by atoms with Crippen LogP contribution in [0.1, 0.15) is 32.1 Å². The van der Waals surface area contributed by atoms with Crippen LogP contribution in [0.15, 0.2) is 24.3 Å². The second kappa shape index (κ2) is 9.65. The van der Waals surface area contributed by atoms with Crippen LogP contribution in [-0.2, 0) is 14.4 Å². The molecule has 32 heavy (non-hydrogen) atoms. The Hall–Kier alpha value is -2.99. The topological polar surface area (TPSA) is 114 Å². The van der Waals surface area contributed by atoms with Gasteiger partial charge >= 0.3 is 11.8 Å². The molecule has 3 fully saturated rings. The number of benzene rings is 1. The van der Waals surface area contributed by atoms with Gasteiger partial charge < -0.3 is 20.9 Å². The average molecular weight is 442 g/mol. The maximum atomic E-state index is 13.9. The Morgan fingerprint density at radius 3 is 2.78 bits per heavy atom. The number of hydrogen-bond acceptors (Lipinski definition) is 5. The van der Waals surface area contributed by atoms with E-state index in [4.69, 9.17) is 0 Å². The van der Waals surface area contributed by atoms with Crippen molar-refractivity contribution in [1.29, 1.82) is 5.26 Å². The molecule has 1 aromatic carbocycles. The van der Waals surface area contributed by atoms with Gasteiger partial charge in [-0.15, -0.1) is 0 Å². The number of amides is 3. The van der Waals surface area contributed by atoms with Gasteiger partial charge in [0.05, 0.1) is 11.8 Å². The zero-order chi connectivity index (χ0) is 22.7.